The number of nitrogens with one attached hydrogen (secondary N) is 1. The Morgan fingerprint density at radius 2 is 2.14 bits per heavy atom. The lowest BCUT2D eigenvalue weighted by Crippen LogP contribution is -2.01. The van der Waals surface area contributed by atoms with Crippen LogP contribution in [-0.4, -0.2) is 28.8 Å². The summed E-state index contributed by atoms with van der Waals surface area (Å²) in [5.41, 5.74) is 0. The Kier molecular flexibility index (Phi) is 5.94. The molecule has 0 saturated heterocycles. The van der Waals surface area contributed by atoms with Gasteiger partial charge in [0.15, 0.2) is 0 Å². The minimum atomic E-state index is 0.951. The SMILES string of the molecule is CSCCCCCNc1nnc(C)s1. The fourth-order valence-corrected chi connectivity index (χ4v) is 2.22. The lowest BCUT2D eigenvalue weighted by atomic mass is 10.2. The Labute approximate surface area is 93.7 Å². The summed E-state index contributed by atoms with van der Waals surface area (Å²) in [4.78, 5) is 0. The van der Waals surface area contributed by atoms with E-state index in [4.69, 9.17) is 0 Å². The highest BCUT2D eigenvalue weighted by Gasteiger charge is 1.97. The molecule has 1 rings (SSSR count). The van der Waals surface area contributed by atoms with Gasteiger partial charge in [0.2, 0.25) is 5.13 Å². The first-order chi connectivity index (χ1) is 6.83. The molecule has 0 spiro atoms. The Morgan fingerprint density at radius 1 is 1.29 bits per heavy atom. The van der Waals surface area contributed by atoms with Crippen LogP contribution in [0.4, 0.5) is 5.13 Å². The van der Waals surface area contributed by atoms with Crippen LogP contribution >= 0.6 is 23.1 Å². The average Bonchev–Trinajstić information content (AvgIpc) is 2.58. The molecule has 0 bridgehead atoms. The maximum Gasteiger partial charge on any atom is 0.205 e. The van der Waals surface area contributed by atoms with Crippen LogP contribution in [0.1, 0.15) is 24.3 Å². The summed E-state index contributed by atoms with van der Waals surface area (Å²) < 4.78 is 0. The zero-order valence-electron chi connectivity index (χ0n) is 8.75. The molecule has 0 saturated carbocycles. The monoisotopic (exact) mass is 231 g/mol. The summed E-state index contributed by atoms with van der Waals surface area (Å²) >= 11 is 3.54. The van der Waals surface area contributed by atoms with Crippen LogP contribution in [0.5, 0.6) is 0 Å². The van der Waals surface area contributed by atoms with Crippen molar-refractivity contribution in [3.8, 4) is 0 Å². The Bertz CT molecular complexity index is 250. The lowest BCUT2D eigenvalue weighted by molar-refractivity contribution is 0.748. The third kappa shape index (κ3) is 4.81. The molecular weight excluding hydrogens is 214 g/mol. The first-order valence-electron chi connectivity index (χ1n) is 4.86. The molecule has 1 N–H and O–H groups in total. The average molecular weight is 231 g/mol. The van der Waals surface area contributed by atoms with E-state index in [1.165, 1.54) is 25.0 Å². The lowest BCUT2D eigenvalue weighted by Gasteiger charge is -2.00. The molecule has 80 valence electrons. The first-order valence-corrected chi connectivity index (χ1v) is 7.07. The van der Waals surface area contributed by atoms with Crippen LogP contribution in [0.2, 0.25) is 0 Å². The zero-order chi connectivity index (χ0) is 10.2. The molecule has 0 aliphatic heterocycles. The van der Waals surface area contributed by atoms with E-state index in [1.54, 1.807) is 11.3 Å². The summed E-state index contributed by atoms with van der Waals surface area (Å²) in [5, 5.41) is 13.2. The number of unbranched alkanes of at least 4 members (excludes halogenated alkanes) is 2. The fraction of sp³-hybridized carbons (Fsp3) is 0.778. The van der Waals surface area contributed by atoms with E-state index in [0.29, 0.717) is 0 Å². The van der Waals surface area contributed by atoms with Gasteiger partial charge in [-0.05, 0) is 31.8 Å². The predicted molar refractivity (Wildman–Crippen MR) is 65.4 cm³/mol. The second kappa shape index (κ2) is 7.06. The van der Waals surface area contributed by atoms with Crippen LogP contribution in [-0.2, 0) is 0 Å². The van der Waals surface area contributed by atoms with Gasteiger partial charge in [0, 0.05) is 6.54 Å². The van der Waals surface area contributed by atoms with Crippen LogP contribution in [0.3, 0.4) is 0 Å². The highest BCUT2D eigenvalue weighted by atomic mass is 32.2. The predicted octanol–water partition coefficient (Wildman–Crippen LogP) is 2.79. The molecule has 0 atom stereocenters. The van der Waals surface area contributed by atoms with Crippen molar-refractivity contribution in [2.45, 2.75) is 26.2 Å². The van der Waals surface area contributed by atoms with Crippen molar-refractivity contribution in [2.24, 2.45) is 0 Å². The normalized spacial score (nSPS) is 10.4. The highest BCUT2D eigenvalue weighted by Crippen LogP contribution is 2.13. The number of thioether (sulfide) groups is 1. The molecule has 1 aromatic rings. The number of nitrogens with zero attached hydrogens (tertiary/aromatic N) is 2. The maximum absolute atomic E-state index is 4.00. The smallest absolute Gasteiger partial charge is 0.205 e. The maximum atomic E-state index is 4.00. The Hall–Kier alpha value is -0.290. The Morgan fingerprint density at radius 3 is 2.79 bits per heavy atom. The van der Waals surface area contributed by atoms with E-state index in [1.807, 2.05) is 18.7 Å². The van der Waals surface area contributed by atoms with Gasteiger partial charge in [-0.3, -0.25) is 0 Å². The molecule has 0 unspecified atom stereocenters. The van der Waals surface area contributed by atoms with Gasteiger partial charge in [-0.15, -0.1) is 10.2 Å². The van der Waals surface area contributed by atoms with Crippen LogP contribution in [0.15, 0.2) is 0 Å². The van der Waals surface area contributed by atoms with E-state index >= 15 is 0 Å². The fourth-order valence-electron chi connectivity index (χ4n) is 1.11. The molecule has 14 heavy (non-hydrogen) atoms. The molecule has 0 amide bonds. The topological polar surface area (TPSA) is 37.8 Å². The standard InChI is InChI=1S/C9H17N3S2/c1-8-11-12-9(14-8)10-6-4-3-5-7-13-2/h3-7H2,1-2H3,(H,10,12). The second-order valence-electron chi connectivity index (χ2n) is 3.11. The highest BCUT2D eigenvalue weighted by molar-refractivity contribution is 7.98. The van der Waals surface area contributed by atoms with Gasteiger partial charge < -0.3 is 5.32 Å². The van der Waals surface area contributed by atoms with Crippen LogP contribution in [0.25, 0.3) is 0 Å². The molecular formula is C9H17N3S2. The number of aromatic nitrogens is 2. The van der Waals surface area contributed by atoms with Gasteiger partial charge in [0.05, 0.1) is 0 Å². The van der Waals surface area contributed by atoms with Gasteiger partial charge in [-0.2, -0.15) is 11.8 Å². The van der Waals surface area contributed by atoms with Crippen molar-refractivity contribution in [3.63, 3.8) is 0 Å². The van der Waals surface area contributed by atoms with Gasteiger partial charge >= 0.3 is 0 Å². The summed E-state index contributed by atoms with van der Waals surface area (Å²) in [7, 11) is 0. The van der Waals surface area contributed by atoms with Gasteiger partial charge in [0.1, 0.15) is 5.01 Å². The first kappa shape index (κ1) is 11.8. The minimum Gasteiger partial charge on any atom is -0.360 e. The van der Waals surface area contributed by atoms with E-state index in [9.17, 15) is 0 Å². The molecule has 0 aliphatic rings. The van der Waals surface area contributed by atoms with Crippen LogP contribution < -0.4 is 5.32 Å². The van der Waals surface area contributed by atoms with Crippen molar-refractivity contribution < 1.29 is 0 Å². The molecule has 0 aromatic carbocycles. The molecule has 3 nitrogen and oxygen atoms in total. The second-order valence-corrected chi connectivity index (χ2v) is 5.27. The number of aryl methyl sites for hydroxylation is 1. The largest absolute Gasteiger partial charge is 0.360 e. The molecule has 0 aliphatic carbocycles. The van der Waals surface area contributed by atoms with E-state index < -0.39 is 0 Å². The van der Waals surface area contributed by atoms with Crippen molar-refractivity contribution in [2.75, 3.05) is 23.9 Å². The molecule has 0 fully saturated rings. The number of hydrogen-bond acceptors (Lipinski definition) is 5. The van der Waals surface area contributed by atoms with Gasteiger partial charge in [-0.1, -0.05) is 17.8 Å². The summed E-state index contributed by atoms with van der Waals surface area (Å²) in [6.07, 6.45) is 5.99. The summed E-state index contributed by atoms with van der Waals surface area (Å²) in [5.74, 6) is 1.28. The number of hydrogen-bond donors (Lipinski definition) is 1. The summed E-state index contributed by atoms with van der Waals surface area (Å²) in [6.45, 7) is 2.99. The Balaban J connectivity index is 1.99. The quantitative estimate of drug-likeness (QED) is 0.732. The van der Waals surface area contributed by atoms with E-state index in [0.717, 1.165) is 16.7 Å². The zero-order valence-corrected chi connectivity index (χ0v) is 10.4. The molecule has 5 heteroatoms. The number of rotatable bonds is 7. The summed E-state index contributed by atoms with van der Waals surface area (Å²) in [6, 6.07) is 0. The van der Waals surface area contributed by atoms with Crippen molar-refractivity contribution in [1.29, 1.82) is 0 Å². The molecule has 0 radical (unpaired) electrons. The van der Waals surface area contributed by atoms with Crippen molar-refractivity contribution in [3.05, 3.63) is 5.01 Å². The number of anilines is 1. The van der Waals surface area contributed by atoms with Gasteiger partial charge in [0.25, 0.3) is 0 Å². The van der Waals surface area contributed by atoms with Gasteiger partial charge in [-0.25, -0.2) is 0 Å². The molecule has 1 heterocycles. The third-order valence-corrected chi connectivity index (χ3v) is 3.32. The van der Waals surface area contributed by atoms with Crippen molar-refractivity contribution in [1.82, 2.24) is 10.2 Å². The van der Waals surface area contributed by atoms with E-state index in [-0.39, 0.29) is 0 Å². The third-order valence-electron chi connectivity index (χ3n) is 1.83. The minimum absolute atomic E-state index is 0.951. The molecule has 1 aromatic heterocycles. The van der Waals surface area contributed by atoms with E-state index in [2.05, 4.69) is 21.8 Å². The van der Waals surface area contributed by atoms with Crippen LogP contribution in [0, 0.1) is 6.92 Å². The van der Waals surface area contributed by atoms with Crippen molar-refractivity contribution >= 4 is 28.2 Å².